The maximum Gasteiger partial charge on any atom is 0.159 e. The third kappa shape index (κ3) is 5.99. The highest BCUT2D eigenvalue weighted by atomic mass is 16.3. The lowest BCUT2D eigenvalue weighted by molar-refractivity contribution is 0.668. The van der Waals surface area contributed by atoms with Crippen LogP contribution in [0, 0.1) is 0 Å². The minimum atomic E-state index is 0.703. The summed E-state index contributed by atoms with van der Waals surface area (Å²) in [5.74, 6) is 0.703. The fraction of sp³-hybridized carbons (Fsp3) is 0.164. The number of hydrogen-bond donors (Lipinski definition) is 0. The molecule has 0 atom stereocenters. The van der Waals surface area contributed by atoms with E-state index in [1.54, 1.807) is 0 Å². The molecule has 0 saturated heterocycles. The molecule has 8 aromatic rings. The van der Waals surface area contributed by atoms with E-state index in [0.717, 1.165) is 134 Å². The predicted molar refractivity (Wildman–Crippen MR) is 251 cm³/mol. The Balaban J connectivity index is 1.26. The van der Waals surface area contributed by atoms with Gasteiger partial charge in [0, 0.05) is 55.3 Å². The topological polar surface area (TPSA) is 55.9 Å². The molecule has 3 aliphatic rings. The molecule has 3 heterocycles. The molecule has 0 unspecified atom stereocenters. The Morgan fingerprint density at radius 3 is 2.32 bits per heavy atom. The minimum Gasteiger partial charge on any atom is -0.456 e. The second-order valence-electron chi connectivity index (χ2n) is 16.0. The van der Waals surface area contributed by atoms with E-state index >= 15 is 0 Å². The van der Waals surface area contributed by atoms with Gasteiger partial charge in [0.05, 0.1) is 11.4 Å². The van der Waals surface area contributed by atoms with Gasteiger partial charge in [0.1, 0.15) is 22.3 Å². The van der Waals surface area contributed by atoms with E-state index in [4.69, 9.17) is 18.8 Å². The first-order valence-electron chi connectivity index (χ1n) is 21.4. The van der Waals surface area contributed by atoms with E-state index in [2.05, 4.69) is 158 Å². The average Bonchev–Trinajstić information content (AvgIpc) is 3.99. The normalized spacial score (nSPS) is 15.7. The molecule has 0 radical (unpaired) electrons. The third-order valence-electron chi connectivity index (χ3n) is 12.3. The molecule has 0 bridgehead atoms. The molecule has 292 valence electrons. The van der Waals surface area contributed by atoms with Crippen LogP contribution in [0.1, 0.15) is 79.6 Å². The SMILES string of the molecule is CC/C=C(/N=C(N=C(C)c1ccccc1)C1=CCCC=C1)c1c(-n2c3c(c4c2CCC=C4)CCC=C3)ccc2oc3cccc(-c4cccc5c4oc4ccccc45)c3c12. The van der Waals surface area contributed by atoms with E-state index in [0.29, 0.717) is 5.84 Å². The van der Waals surface area contributed by atoms with Gasteiger partial charge in [-0.05, 0) is 104 Å². The Morgan fingerprint density at radius 1 is 0.667 bits per heavy atom. The van der Waals surface area contributed by atoms with Crippen molar-refractivity contribution in [1.82, 2.24) is 4.57 Å². The average molecular weight is 780 g/mol. The molecule has 11 rings (SSSR count). The number of benzene rings is 5. The molecule has 0 aliphatic heterocycles. The number of rotatable bonds is 7. The van der Waals surface area contributed by atoms with Crippen molar-refractivity contribution in [3.63, 3.8) is 0 Å². The van der Waals surface area contributed by atoms with Crippen LogP contribution >= 0.6 is 0 Å². The van der Waals surface area contributed by atoms with Gasteiger partial charge in [0.25, 0.3) is 0 Å². The molecule has 5 nitrogen and oxygen atoms in total. The lowest BCUT2D eigenvalue weighted by Gasteiger charge is -2.20. The van der Waals surface area contributed by atoms with Gasteiger partial charge in [-0.2, -0.15) is 0 Å². The molecule has 0 fully saturated rings. The van der Waals surface area contributed by atoms with E-state index in [1.807, 2.05) is 12.1 Å². The molecule has 0 N–H and O–H groups in total. The summed E-state index contributed by atoms with van der Waals surface area (Å²) in [7, 11) is 0. The highest BCUT2D eigenvalue weighted by molar-refractivity contribution is 6.21. The maximum atomic E-state index is 6.91. The zero-order chi connectivity index (χ0) is 40.2. The standard InChI is InChI=1S/C55H45N3O2/c1-3-18-44(57-55(37-21-8-5-9-22-37)56-35(2)36-19-6-4-7-20-36)52-47(58-45-29-13-10-23-38(45)39-24-11-14-30-46(39)58)33-34-50-53(52)51-41(26-17-32-49(51)59-50)43-28-16-27-42-40-25-12-15-31-48(40)60-54(42)43/h4,6-8,10,12,14-23,25-28,30-34H,3,5,9,11,13,24,29H2,1-2H3/b44-18+,56-35?,57-55?. The van der Waals surface area contributed by atoms with Gasteiger partial charge in [-0.15, -0.1) is 0 Å². The van der Waals surface area contributed by atoms with Gasteiger partial charge in [-0.25, -0.2) is 9.98 Å². The smallest absolute Gasteiger partial charge is 0.159 e. The minimum absolute atomic E-state index is 0.703. The zero-order valence-electron chi connectivity index (χ0n) is 34.0. The Morgan fingerprint density at radius 2 is 1.43 bits per heavy atom. The molecule has 5 aromatic carbocycles. The van der Waals surface area contributed by atoms with Gasteiger partial charge in [0.15, 0.2) is 5.84 Å². The van der Waals surface area contributed by atoms with Crippen molar-refractivity contribution in [1.29, 1.82) is 0 Å². The van der Waals surface area contributed by atoms with E-state index in [-0.39, 0.29) is 0 Å². The molecular weight excluding hydrogens is 735 g/mol. The van der Waals surface area contributed by atoms with Crippen molar-refractivity contribution in [2.45, 2.75) is 58.8 Å². The van der Waals surface area contributed by atoms with Crippen molar-refractivity contribution in [3.8, 4) is 16.8 Å². The largest absolute Gasteiger partial charge is 0.456 e. The molecule has 3 aliphatic carbocycles. The molecule has 3 aromatic heterocycles. The number of para-hydroxylation sites is 2. The van der Waals surface area contributed by atoms with Crippen LogP contribution in [0.15, 0.2) is 164 Å². The van der Waals surface area contributed by atoms with Crippen LogP contribution in [0.4, 0.5) is 0 Å². The van der Waals surface area contributed by atoms with Crippen molar-refractivity contribution in [2.75, 3.05) is 0 Å². The van der Waals surface area contributed by atoms with E-state index in [9.17, 15) is 0 Å². The van der Waals surface area contributed by atoms with Crippen molar-refractivity contribution in [2.24, 2.45) is 9.98 Å². The fourth-order valence-corrected chi connectivity index (χ4v) is 9.59. The van der Waals surface area contributed by atoms with Gasteiger partial charge in [-0.1, -0.05) is 128 Å². The first-order valence-corrected chi connectivity index (χ1v) is 21.4. The second kappa shape index (κ2) is 15.0. The van der Waals surface area contributed by atoms with Crippen LogP contribution < -0.4 is 0 Å². The van der Waals surface area contributed by atoms with Crippen LogP contribution in [0.2, 0.25) is 0 Å². The number of fused-ring (bicyclic) bond motifs is 9. The summed E-state index contributed by atoms with van der Waals surface area (Å²) < 4.78 is 16.1. The molecule has 0 saturated carbocycles. The lowest BCUT2D eigenvalue weighted by atomic mass is 9.94. The molecule has 0 amide bonds. The van der Waals surface area contributed by atoms with Crippen LogP contribution in [0.5, 0.6) is 0 Å². The van der Waals surface area contributed by atoms with E-state index in [1.165, 1.54) is 22.5 Å². The predicted octanol–water partition coefficient (Wildman–Crippen LogP) is 14.8. The summed E-state index contributed by atoms with van der Waals surface area (Å²) in [6.45, 7) is 4.28. The number of aliphatic imine (C=N–C) groups is 2. The Bertz CT molecular complexity index is 3240. The Kier molecular flexibility index (Phi) is 9.03. The second-order valence-corrected chi connectivity index (χ2v) is 16.0. The van der Waals surface area contributed by atoms with Crippen LogP contribution in [-0.4, -0.2) is 16.1 Å². The summed E-state index contributed by atoms with van der Waals surface area (Å²) in [5, 5.41) is 4.29. The summed E-state index contributed by atoms with van der Waals surface area (Å²) in [6.07, 6.45) is 25.1. The molecule has 0 spiro atoms. The van der Waals surface area contributed by atoms with Gasteiger partial charge >= 0.3 is 0 Å². The monoisotopic (exact) mass is 779 g/mol. The van der Waals surface area contributed by atoms with Crippen molar-refractivity contribution in [3.05, 3.63) is 179 Å². The van der Waals surface area contributed by atoms with Crippen molar-refractivity contribution >= 4 is 73.3 Å². The Labute approximate surface area is 349 Å². The first-order chi connectivity index (χ1) is 29.7. The molecule has 5 heteroatoms. The number of aromatic nitrogens is 1. The molecular formula is C55H45N3O2. The fourth-order valence-electron chi connectivity index (χ4n) is 9.59. The number of amidine groups is 1. The number of furan rings is 2. The van der Waals surface area contributed by atoms with Gasteiger partial charge < -0.3 is 13.4 Å². The van der Waals surface area contributed by atoms with Crippen LogP contribution in [-0.2, 0) is 12.8 Å². The summed E-state index contributed by atoms with van der Waals surface area (Å²) in [6, 6.07) is 36.0. The van der Waals surface area contributed by atoms with Crippen molar-refractivity contribution < 1.29 is 8.83 Å². The summed E-state index contributed by atoms with van der Waals surface area (Å²) >= 11 is 0. The zero-order valence-corrected chi connectivity index (χ0v) is 34.0. The van der Waals surface area contributed by atoms with E-state index < -0.39 is 0 Å². The quantitative estimate of drug-likeness (QED) is 0.119. The summed E-state index contributed by atoms with van der Waals surface area (Å²) in [4.78, 5) is 11.0. The highest BCUT2D eigenvalue weighted by Gasteiger charge is 2.29. The number of allylic oxidation sites excluding steroid dienone is 5. The highest BCUT2D eigenvalue weighted by Crippen LogP contribution is 2.47. The first kappa shape index (κ1) is 36.1. The third-order valence-corrected chi connectivity index (χ3v) is 12.3. The lowest BCUT2D eigenvalue weighted by Crippen LogP contribution is -2.09. The van der Waals surface area contributed by atoms with Crippen LogP contribution in [0.25, 0.3) is 78.5 Å². The van der Waals surface area contributed by atoms with Gasteiger partial charge in [-0.3, -0.25) is 0 Å². The molecule has 60 heavy (non-hydrogen) atoms. The number of hydrogen-bond acceptors (Lipinski definition) is 3. The summed E-state index contributed by atoms with van der Waals surface area (Å²) in [5.41, 5.74) is 16.9. The Hall–Kier alpha value is -6.98. The number of nitrogens with zero attached hydrogens (tertiary/aromatic N) is 3. The van der Waals surface area contributed by atoms with Gasteiger partial charge in [0.2, 0.25) is 0 Å². The van der Waals surface area contributed by atoms with Crippen LogP contribution in [0.3, 0.4) is 0 Å². The maximum absolute atomic E-state index is 6.91.